The topological polar surface area (TPSA) is 70.5 Å². The third-order valence-corrected chi connectivity index (χ3v) is 5.32. The minimum atomic E-state index is -0.138. The molecule has 1 aromatic carbocycles. The van der Waals surface area contributed by atoms with Crippen LogP contribution in [0.1, 0.15) is 15.4 Å². The van der Waals surface area contributed by atoms with Crippen LogP contribution in [0.15, 0.2) is 36.4 Å². The SMILES string of the molecule is Cc1nn(-c2ccccc2)c2sc(C(=O)NCCN(C)C(=O)N(C)C)cc12. The number of nitrogens with one attached hydrogen (secondary N) is 1. The Labute approximate surface area is 162 Å². The highest BCUT2D eigenvalue weighted by atomic mass is 32.1. The number of benzene rings is 1. The Hall–Kier alpha value is -2.87. The van der Waals surface area contributed by atoms with E-state index in [1.165, 1.54) is 16.2 Å². The van der Waals surface area contributed by atoms with Gasteiger partial charge in [0.2, 0.25) is 0 Å². The van der Waals surface area contributed by atoms with Crippen LogP contribution in [0.3, 0.4) is 0 Å². The third-order valence-electron chi connectivity index (χ3n) is 4.21. The smallest absolute Gasteiger partial charge is 0.319 e. The summed E-state index contributed by atoms with van der Waals surface area (Å²) in [6.07, 6.45) is 0. The quantitative estimate of drug-likeness (QED) is 0.734. The summed E-state index contributed by atoms with van der Waals surface area (Å²) in [6.45, 7) is 2.79. The fraction of sp³-hybridized carbons (Fsp3) is 0.316. The number of thiophene rings is 1. The molecule has 0 saturated heterocycles. The van der Waals surface area contributed by atoms with E-state index < -0.39 is 0 Å². The van der Waals surface area contributed by atoms with E-state index in [0.29, 0.717) is 18.0 Å². The molecule has 0 aliphatic rings. The predicted octanol–water partition coefficient (Wildman–Crippen LogP) is 2.74. The first-order valence-electron chi connectivity index (χ1n) is 8.63. The highest BCUT2D eigenvalue weighted by molar-refractivity contribution is 7.20. The van der Waals surface area contributed by atoms with Crippen molar-refractivity contribution in [3.63, 3.8) is 0 Å². The van der Waals surface area contributed by atoms with E-state index in [0.717, 1.165) is 21.6 Å². The third kappa shape index (κ3) is 3.95. The lowest BCUT2D eigenvalue weighted by Crippen LogP contribution is -2.40. The molecular formula is C19H23N5O2S. The average Bonchev–Trinajstić information content (AvgIpc) is 3.22. The van der Waals surface area contributed by atoms with E-state index in [1.807, 2.05) is 48.0 Å². The highest BCUT2D eigenvalue weighted by Crippen LogP contribution is 2.30. The summed E-state index contributed by atoms with van der Waals surface area (Å²) in [5.41, 5.74) is 1.86. The molecule has 0 spiro atoms. The molecule has 0 aliphatic carbocycles. The number of fused-ring (bicyclic) bond motifs is 1. The van der Waals surface area contributed by atoms with Gasteiger partial charge in [0.05, 0.1) is 16.3 Å². The van der Waals surface area contributed by atoms with Crippen molar-refractivity contribution in [3.8, 4) is 5.69 Å². The van der Waals surface area contributed by atoms with Crippen molar-refractivity contribution >= 4 is 33.5 Å². The van der Waals surface area contributed by atoms with Gasteiger partial charge in [0.1, 0.15) is 4.83 Å². The van der Waals surface area contributed by atoms with E-state index in [-0.39, 0.29) is 11.9 Å². The highest BCUT2D eigenvalue weighted by Gasteiger charge is 2.17. The second kappa shape index (κ2) is 7.79. The van der Waals surface area contributed by atoms with E-state index in [1.54, 1.807) is 26.0 Å². The summed E-state index contributed by atoms with van der Waals surface area (Å²) in [4.78, 5) is 29.0. The lowest BCUT2D eigenvalue weighted by Gasteiger charge is -2.21. The minimum absolute atomic E-state index is 0.0929. The Morgan fingerprint density at radius 2 is 1.89 bits per heavy atom. The number of urea groups is 1. The molecule has 27 heavy (non-hydrogen) atoms. The zero-order valence-corrected chi connectivity index (χ0v) is 16.7. The molecule has 3 rings (SSSR count). The number of likely N-dealkylation sites (N-methyl/N-ethyl adjacent to an activating group) is 1. The molecular weight excluding hydrogens is 362 g/mol. The largest absolute Gasteiger partial charge is 0.350 e. The number of aryl methyl sites for hydroxylation is 1. The molecule has 0 saturated carbocycles. The Morgan fingerprint density at radius 3 is 2.56 bits per heavy atom. The number of nitrogens with zero attached hydrogens (tertiary/aromatic N) is 4. The number of aromatic nitrogens is 2. The fourth-order valence-electron chi connectivity index (χ4n) is 2.76. The van der Waals surface area contributed by atoms with Crippen LogP contribution in [0.4, 0.5) is 4.79 Å². The van der Waals surface area contributed by atoms with E-state index in [9.17, 15) is 9.59 Å². The molecule has 8 heteroatoms. The molecule has 142 valence electrons. The van der Waals surface area contributed by atoms with Crippen LogP contribution in [-0.4, -0.2) is 65.8 Å². The number of carbonyl (C=O) groups excluding carboxylic acids is 2. The van der Waals surface area contributed by atoms with Gasteiger partial charge in [-0.05, 0) is 25.1 Å². The molecule has 0 radical (unpaired) electrons. The molecule has 2 aromatic heterocycles. The standard InChI is InChI=1S/C19H23N5O2S/c1-13-15-12-16(17(25)20-10-11-23(4)19(26)22(2)3)27-18(15)24(21-13)14-8-6-5-7-9-14/h5-9,12H,10-11H2,1-4H3,(H,20,25). The van der Waals surface area contributed by atoms with Crippen LogP contribution in [0, 0.1) is 6.92 Å². The van der Waals surface area contributed by atoms with Gasteiger partial charge in [-0.1, -0.05) is 18.2 Å². The maximum absolute atomic E-state index is 12.5. The van der Waals surface area contributed by atoms with Crippen LogP contribution in [0.5, 0.6) is 0 Å². The minimum Gasteiger partial charge on any atom is -0.350 e. The lowest BCUT2D eigenvalue weighted by molar-refractivity contribution is 0.0953. The summed E-state index contributed by atoms with van der Waals surface area (Å²) in [6, 6.07) is 11.7. The molecule has 0 atom stereocenters. The molecule has 2 heterocycles. The van der Waals surface area contributed by atoms with Gasteiger partial charge in [0, 0.05) is 39.6 Å². The Balaban J connectivity index is 1.72. The van der Waals surface area contributed by atoms with Gasteiger partial charge in [-0.25, -0.2) is 9.48 Å². The monoisotopic (exact) mass is 385 g/mol. The zero-order valence-electron chi connectivity index (χ0n) is 15.9. The summed E-state index contributed by atoms with van der Waals surface area (Å²) in [7, 11) is 5.12. The number of rotatable bonds is 5. The van der Waals surface area contributed by atoms with Gasteiger partial charge in [0.15, 0.2) is 0 Å². The first kappa shape index (κ1) is 18.9. The first-order chi connectivity index (χ1) is 12.9. The Bertz CT molecular complexity index is 961. The Morgan fingerprint density at radius 1 is 1.19 bits per heavy atom. The molecule has 3 aromatic rings. The van der Waals surface area contributed by atoms with Gasteiger partial charge < -0.3 is 15.1 Å². The van der Waals surface area contributed by atoms with Gasteiger partial charge in [-0.15, -0.1) is 11.3 Å². The van der Waals surface area contributed by atoms with Gasteiger partial charge in [-0.3, -0.25) is 4.79 Å². The predicted molar refractivity (Wildman–Crippen MR) is 108 cm³/mol. The van der Waals surface area contributed by atoms with Crippen molar-refractivity contribution in [2.24, 2.45) is 0 Å². The van der Waals surface area contributed by atoms with Crippen molar-refractivity contribution in [2.75, 3.05) is 34.2 Å². The van der Waals surface area contributed by atoms with Crippen LogP contribution < -0.4 is 5.32 Å². The number of hydrogen-bond acceptors (Lipinski definition) is 4. The van der Waals surface area contributed by atoms with E-state index in [2.05, 4.69) is 10.4 Å². The summed E-state index contributed by atoms with van der Waals surface area (Å²) in [5, 5.41) is 8.45. The normalized spacial score (nSPS) is 10.8. The van der Waals surface area contributed by atoms with Crippen LogP contribution in [0.2, 0.25) is 0 Å². The van der Waals surface area contributed by atoms with Crippen molar-refractivity contribution in [3.05, 3.63) is 47.0 Å². The van der Waals surface area contributed by atoms with Crippen molar-refractivity contribution in [1.82, 2.24) is 24.9 Å². The van der Waals surface area contributed by atoms with Gasteiger partial charge in [0.25, 0.3) is 5.91 Å². The lowest BCUT2D eigenvalue weighted by atomic mass is 10.3. The van der Waals surface area contributed by atoms with Gasteiger partial charge >= 0.3 is 6.03 Å². The molecule has 3 amide bonds. The first-order valence-corrected chi connectivity index (χ1v) is 9.45. The van der Waals surface area contributed by atoms with E-state index in [4.69, 9.17) is 0 Å². The summed E-state index contributed by atoms with van der Waals surface area (Å²) in [5.74, 6) is -0.138. The number of hydrogen-bond donors (Lipinski definition) is 1. The van der Waals surface area contributed by atoms with Crippen molar-refractivity contribution < 1.29 is 9.59 Å². The van der Waals surface area contributed by atoms with Crippen LogP contribution in [-0.2, 0) is 0 Å². The number of amides is 3. The average molecular weight is 385 g/mol. The molecule has 0 bridgehead atoms. The summed E-state index contributed by atoms with van der Waals surface area (Å²) >= 11 is 1.42. The maximum Gasteiger partial charge on any atom is 0.319 e. The molecule has 0 fully saturated rings. The molecule has 1 N–H and O–H groups in total. The Kier molecular flexibility index (Phi) is 5.46. The van der Waals surface area contributed by atoms with Crippen molar-refractivity contribution in [2.45, 2.75) is 6.92 Å². The van der Waals surface area contributed by atoms with Crippen LogP contribution in [0.25, 0.3) is 15.9 Å². The van der Waals surface area contributed by atoms with Gasteiger partial charge in [-0.2, -0.15) is 5.10 Å². The number of para-hydroxylation sites is 1. The second-order valence-corrected chi connectivity index (χ2v) is 7.55. The molecule has 7 nitrogen and oxygen atoms in total. The molecule has 0 unspecified atom stereocenters. The fourth-order valence-corrected chi connectivity index (χ4v) is 3.86. The molecule has 0 aliphatic heterocycles. The van der Waals surface area contributed by atoms with Crippen LogP contribution >= 0.6 is 11.3 Å². The zero-order chi connectivity index (χ0) is 19.6. The number of carbonyl (C=O) groups is 2. The van der Waals surface area contributed by atoms with Crippen molar-refractivity contribution in [1.29, 1.82) is 0 Å². The maximum atomic E-state index is 12.5. The second-order valence-electron chi connectivity index (χ2n) is 6.52. The van der Waals surface area contributed by atoms with E-state index >= 15 is 0 Å². The summed E-state index contributed by atoms with van der Waals surface area (Å²) < 4.78 is 1.87.